The highest BCUT2D eigenvalue weighted by Crippen LogP contribution is 2.18. The topological polar surface area (TPSA) is 58.6 Å². The molecule has 0 aromatic heterocycles. The van der Waals surface area contributed by atoms with Crippen LogP contribution in [0.25, 0.3) is 0 Å². The van der Waals surface area contributed by atoms with Gasteiger partial charge in [-0.3, -0.25) is 9.59 Å². The molecule has 2 aromatic carbocycles. The number of hydrogen-bond acceptors (Lipinski definition) is 3. The maximum atomic E-state index is 12.2. The van der Waals surface area contributed by atoms with Crippen molar-refractivity contribution in [1.82, 2.24) is 4.90 Å². The van der Waals surface area contributed by atoms with Crippen molar-refractivity contribution in [2.45, 2.75) is 19.8 Å². The van der Waals surface area contributed by atoms with Crippen molar-refractivity contribution in [3.8, 4) is 5.75 Å². The number of benzene rings is 2. The monoisotopic (exact) mass is 418 g/mol. The van der Waals surface area contributed by atoms with Crippen molar-refractivity contribution in [1.29, 1.82) is 0 Å². The van der Waals surface area contributed by atoms with E-state index in [0.717, 1.165) is 22.1 Å². The van der Waals surface area contributed by atoms with Crippen molar-refractivity contribution >= 4 is 33.4 Å². The van der Waals surface area contributed by atoms with Gasteiger partial charge >= 0.3 is 0 Å². The van der Waals surface area contributed by atoms with Crippen LogP contribution in [-0.2, 0) is 16.0 Å². The molecule has 0 radical (unpaired) electrons. The van der Waals surface area contributed by atoms with Gasteiger partial charge in [-0.1, -0.05) is 47.1 Å². The van der Waals surface area contributed by atoms with Gasteiger partial charge in [-0.05, 0) is 36.2 Å². The summed E-state index contributed by atoms with van der Waals surface area (Å²) in [4.78, 5) is 25.8. The Morgan fingerprint density at radius 3 is 2.65 bits per heavy atom. The number of para-hydroxylation sites is 1. The van der Waals surface area contributed by atoms with Crippen molar-refractivity contribution < 1.29 is 14.3 Å². The molecule has 0 bridgehead atoms. The van der Waals surface area contributed by atoms with E-state index in [0.29, 0.717) is 5.75 Å². The third-order valence-electron chi connectivity index (χ3n) is 3.86. The van der Waals surface area contributed by atoms with Crippen LogP contribution >= 0.6 is 15.9 Å². The number of likely N-dealkylation sites (N-methyl/N-ethyl adjacent to an activating group) is 1. The molecule has 0 saturated carbocycles. The minimum atomic E-state index is -0.213. The van der Waals surface area contributed by atoms with Crippen molar-refractivity contribution in [3.63, 3.8) is 0 Å². The third kappa shape index (κ3) is 6.19. The molecule has 0 aliphatic rings. The van der Waals surface area contributed by atoms with Crippen LogP contribution in [0.3, 0.4) is 0 Å². The van der Waals surface area contributed by atoms with Gasteiger partial charge < -0.3 is 15.0 Å². The van der Waals surface area contributed by atoms with E-state index < -0.39 is 0 Å². The summed E-state index contributed by atoms with van der Waals surface area (Å²) in [5.41, 5.74) is 1.86. The molecule has 0 aliphatic heterocycles. The van der Waals surface area contributed by atoms with E-state index in [2.05, 4.69) is 21.2 Å². The average molecular weight is 419 g/mol. The van der Waals surface area contributed by atoms with Gasteiger partial charge in [0.25, 0.3) is 0 Å². The Morgan fingerprint density at radius 1 is 1.15 bits per heavy atom. The number of nitrogens with one attached hydrogen (secondary N) is 1. The number of aryl methyl sites for hydroxylation is 1. The highest BCUT2D eigenvalue weighted by Gasteiger charge is 2.14. The number of anilines is 1. The molecule has 5 nitrogen and oxygen atoms in total. The lowest BCUT2D eigenvalue weighted by molar-refractivity contribution is -0.133. The van der Waals surface area contributed by atoms with Gasteiger partial charge in [0.05, 0.1) is 19.6 Å². The molecule has 0 spiro atoms. The Kier molecular flexibility index (Phi) is 7.66. The number of carbonyl (C=O) groups is 2. The van der Waals surface area contributed by atoms with E-state index in [4.69, 9.17) is 4.74 Å². The summed E-state index contributed by atoms with van der Waals surface area (Å²) >= 11 is 3.37. The molecule has 138 valence electrons. The lowest BCUT2D eigenvalue weighted by atomic mass is 10.1. The zero-order valence-electron chi connectivity index (χ0n) is 15.0. The minimum absolute atomic E-state index is 0.00771. The fraction of sp³-hybridized carbons (Fsp3) is 0.300. The summed E-state index contributed by atoms with van der Waals surface area (Å²) in [6, 6.07) is 15.1. The lowest BCUT2D eigenvalue weighted by Gasteiger charge is -2.18. The summed E-state index contributed by atoms with van der Waals surface area (Å²) in [5.74, 6) is 0.345. The molecule has 2 amide bonds. The maximum absolute atomic E-state index is 12.2. The van der Waals surface area contributed by atoms with Crippen LogP contribution in [0.15, 0.2) is 53.0 Å². The van der Waals surface area contributed by atoms with E-state index in [-0.39, 0.29) is 31.4 Å². The molecule has 0 unspecified atom stereocenters. The Hall–Kier alpha value is -2.34. The Labute approximate surface area is 162 Å². The van der Waals surface area contributed by atoms with E-state index in [1.165, 1.54) is 4.90 Å². The van der Waals surface area contributed by atoms with Crippen LogP contribution in [-0.4, -0.2) is 36.9 Å². The quantitative estimate of drug-likeness (QED) is 0.707. The lowest BCUT2D eigenvalue weighted by Crippen LogP contribution is -2.35. The fourth-order valence-corrected chi connectivity index (χ4v) is 2.83. The van der Waals surface area contributed by atoms with Gasteiger partial charge in [0, 0.05) is 17.2 Å². The summed E-state index contributed by atoms with van der Waals surface area (Å²) in [7, 11) is 1.62. The number of nitrogens with zero attached hydrogens (tertiary/aromatic N) is 1. The normalized spacial score (nSPS) is 10.3. The van der Waals surface area contributed by atoms with Crippen LogP contribution in [0.2, 0.25) is 0 Å². The number of ether oxygens (including phenoxy) is 1. The van der Waals surface area contributed by atoms with Crippen LogP contribution in [0.5, 0.6) is 5.75 Å². The molecule has 0 atom stereocenters. The molecule has 2 aromatic rings. The predicted octanol–water partition coefficient (Wildman–Crippen LogP) is 3.88. The van der Waals surface area contributed by atoms with Crippen LogP contribution < -0.4 is 10.1 Å². The zero-order valence-corrected chi connectivity index (χ0v) is 16.6. The first kappa shape index (κ1) is 20.0. The Morgan fingerprint density at radius 2 is 1.92 bits per heavy atom. The number of halogens is 1. The standard InChI is InChI=1S/C20H23BrN2O3/c1-3-15-7-4-5-10-18(15)22-19(24)14-23(2)20(25)11-12-26-17-9-6-8-16(21)13-17/h4-10,13H,3,11-12,14H2,1-2H3,(H,22,24). The SMILES string of the molecule is CCc1ccccc1NC(=O)CN(C)C(=O)CCOc1cccc(Br)c1. The first-order valence-electron chi connectivity index (χ1n) is 8.49. The smallest absolute Gasteiger partial charge is 0.243 e. The molecule has 26 heavy (non-hydrogen) atoms. The second kappa shape index (κ2) is 9.97. The first-order chi connectivity index (χ1) is 12.5. The van der Waals surface area contributed by atoms with Crippen molar-refractivity contribution in [2.75, 3.05) is 25.5 Å². The first-order valence-corrected chi connectivity index (χ1v) is 9.29. The van der Waals surface area contributed by atoms with Gasteiger partial charge in [-0.2, -0.15) is 0 Å². The van der Waals surface area contributed by atoms with Gasteiger partial charge in [-0.15, -0.1) is 0 Å². The van der Waals surface area contributed by atoms with Gasteiger partial charge in [0.1, 0.15) is 5.75 Å². The zero-order chi connectivity index (χ0) is 18.9. The van der Waals surface area contributed by atoms with E-state index in [1.807, 2.05) is 55.5 Å². The van der Waals surface area contributed by atoms with E-state index in [9.17, 15) is 9.59 Å². The fourth-order valence-electron chi connectivity index (χ4n) is 2.45. The molecule has 0 heterocycles. The minimum Gasteiger partial charge on any atom is -0.493 e. The van der Waals surface area contributed by atoms with Crippen molar-refractivity contribution in [2.24, 2.45) is 0 Å². The van der Waals surface area contributed by atoms with Crippen molar-refractivity contribution in [3.05, 3.63) is 58.6 Å². The Bertz CT molecular complexity index is 764. The average Bonchev–Trinajstić information content (AvgIpc) is 2.62. The Balaban J connectivity index is 1.78. The molecular formula is C20H23BrN2O3. The highest BCUT2D eigenvalue weighted by atomic mass is 79.9. The van der Waals surface area contributed by atoms with E-state index >= 15 is 0 Å². The van der Waals surface area contributed by atoms with Crippen LogP contribution in [0, 0.1) is 0 Å². The summed E-state index contributed by atoms with van der Waals surface area (Å²) in [6.45, 7) is 2.31. The third-order valence-corrected chi connectivity index (χ3v) is 4.35. The molecule has 0 saturated heterocycles. The molecular weight excluding hydrogens is 396 g/mol. The summed E-state index contributed by atoms with van der Waals surface area (Å²) in [6.07, 6.45) is 1.04. The molecule has 1 N–H and O–H groups in total. The van der Waals surface area contributed by atoms with Gasteiger partial charge in [-0.25, -0.2) is 0 Å². The van der Waals surface area contributed by atoms with Crippen LogP contribution in [0.1, 0.15) is 18.9 Å². The summed E-state index contributed by atoms with van der Waals surface area (Å²) in [5, 5.41) is 2.87. The molecule has 0 fully saturated rings. The van der Waals surface area contributed by atoms with Crippen LogP contribution in [0.4, 0.5) is 5.69 Å². The second-order valence-corrected chi connectivity index (χ2v) is 6.78. The number of hydrogen-bond donors (Lipinski definition) is 1. The number of rotatable bonds is 8. The van der Waals surface area contributed by atoms with Gasteiger partial charge in [0.15, 0.2) is 0 Å². The molecule has 6 heteroatoms. The van der Waals surface area contributed by atoms with E-state index in [1.54, 1.807) is 7.05 Å². The van der Waals surface area contributed by atoms with Gasteiger partial charge in [0.2, 0.25) is 11.8 Å². The summed E-state index contributed by atoms with van der Waals surface area (Å²) < 4.78 is 6.48. The largest absolute Gasteiger partial charge is 0.493 e. The predicted molar refractivity (Wildman–Crippen MR) is 106 cm³/mol. The number of carbonyl (C=O) groups excluding carboxylic acids is 2. The molecule has 0 aliphatic carbocycles. The maximum Gasteiger partial charge on any atom is 0.243 e. The molecule has 2 rings (SSSR count). The highest BCUT2D eigenvalue weighted by molar-refractivity contribution is 9.10. The number of amides is 2. The second-order valence-electron chi connectivity index (χ2n) is 5.86.